The van der Waals surface area contributed by atoms with E-state index in [4.69, 9.17) is 4.74 Å². The summed E-state index contributed by atoms with van der Waals surface area (Å²) in [5, 5.41) is 0. The van der Waals surface area contributed by atoms with Crippen LogP contribution in [0.25, 0.3) is 27.8 Å². The van der Waals surface area contributed by atoms with Gasteiger partial charge in [-0.1, -0.05) is 123 Å². The lowest BCUT2D eigenvalue weighted by Crippen LogP contribution is -2.28. The standard InChI is InChI=1S/C43H32O/c1-43(2)39-14-7-6-13-37(39)38-20-19-29(26-40(38)43)33-23-34(25-36(24-33)44-35-11-4-3-5-12-35)32-21-30-17-15-27-9-8-10-28-16-18-31(22-32)42(30)41(27)28/h3-26,41-42H,1-2H3. The Kier molecular flexibility index (Phi) is 5.44. The normalized spacial score (nSPS) is 21.2. The average molecular weight is 565 g/mol. The number of fused-ring (bicyclic) bond motifs is 3. The highest BCUT2D eigenvalue weighted by atomic mass is 16.5. The highest BCUT2D eigenvalue weighted by Crippen LogP contribution is 2.51. The summed E-state index contributed by atoms with van der Waals surface area (Å²) in [7, 11) is 0. The number of hydrogen-bond donors (Lipinski definition) is 0. The molecule has 5 aliphatic rings. The quantitative estimate of drug-likeness (QED) is 0.240. The molecule has 1 nitrogen and oxygen atoms in total. The summed E-state index contributed by atoms with van der Waals surface area (Å²) >= 11 is 0. The molecule has 44 heavy (non-hydrogen) atoms. The van der Waals surface area contributed by atoms with Crippen LogP contribution in [0.5, 0.6) is 11.5 Å². The number of allylic oxidation sites excluding steroid dienone is 14. The maximum absolute atomic E-state index is 6.49. The van der Waals surface area contributed by atoms with E-state index in [1.807, 2.05) is 30.3 Å². The molecule has 0 aliphatic heterocycles. The molecule has 4 aromatic rings. The summed E-state index contributed by atoms with van der Waals surface area (Å²) in [6.07, 6.45) is 20.8. The Balaban J connectivity index is 1.18. The highest BCUT2D eigenvalue weighted by Gasteiger charge is 2.38. The topological polar surface area (TPSA) is 9.23 Å². The lowest BCUT2D eigenvalue weighted by molar-refractivity contribution is 0.483. The van der Waals surface area contributed by atoms with Gasteiger partial charge in [0.2, 0.25) is 0 Å². The van der Waals surface area contributed by atoms with Crippen LogP contribution in [-0.2, 0) is 5.41 Å². The molecule has 0 saturated heterocycles. The van der Waals surface area contributed by atoms with Gasteiger partial charge in [0.05, 0.1) is 0 Å². The predicted molar refractivity (Wildman–Crippen MR) is 182 cm³/mol. The van der Waals surface area contributed by atoms with Crippen molar-refractivity contribution in [2.45, 2.75) is 19.3 Å². The van der Waals surface area contributed by atoms with Crippen LogP contribution in [0.4, 0.5) is 0 Å². The summed E-state index contributed by atoms with van der Waals surface area (Å²) in [6.45, 7) is 4.69. The van der Waals surface area contributed by atoms with Crippen molar-refractivity contribution in [2.24, 2.45) is 11.8 Å². The first-order valence-electron chi connectivity index (χ1n) is 15.6. The third-order valence-corrected chi connectivity index (χ3v) is 10.1. The summed E-state index contributed by atoms with van der Waals surface area (Å²) in [4.78, 5) is 0. The van der Waals surface area contributed by atoms with Gasteiger partial charge in [0.1, 0.15) is 11.5 Å². The fourth-order valence-electron chi connectivity index (χ4n) is 7.89. The van der Waals surface area contributed by atoms with Crippen LogP contribution in [0.15, 0.2) is 168 Å². The van der Waals surface area contributed by atoms with Gasteiger partial charge in [0.15, 0.2) is 0 Å². The average Bonchev–Trinajstić information content (AvgIpc) is 3.29. The van der Waals surface area contributed by atoms with Crippen molar-refractivity contribution in [3.05, 3.63) is 185 Å². The molecule has 0 heterocycles. The number of ether oxygens (including phenoxy) is 1. The molecule has 0 spiro atoms. The minimum atomic E-state index is -0.0526. The number of benzene rings is 4. The second-order valence-corrected chi connectivity index (χ2v) is 13.0. The number of hydrogen-bond acceptors (Lipinski definition) is 1. The first kappa shape index (κ1) is 25.4. The van der Waals surface area contributed by atoms with Gasteiger partial charge < -0.3 is 4.74 Å². The predicted octanol–water partition coefficient (Wildman–Crippen LogP) is 10.9. The Bertz CT molecular complexity index is 2110. The van der Waals surface area contributed by atoms with Gasteiger partial charge in [0.25, 0.3) is 0 Å². The third-order valence-electron chi connectivity index (χ3n) is 10.1. The van der Waals surface area contributed by atoms with Crippen LogP contribution < -0.4 is 4.74 Å². The summed E-state index contributed by atoms with van der Waals surface area (Å²) in [5.74, 6) is 2.47. The van der Waals surface area contributed by atoms with Crippen LogP contribution in [0.2, 0.25) is 0 Å². The summed E-state index contributed by atoms with van der Waals surface area (Å²) < 4.78 is 6.49. The number of para-hydroxylation sites is 1. The lowest BCUT2D eigenvalue weighted by Gasteiger charge is -2.40. The fourth-order valence-corrected chi connectivity index (χ4v) is 7.89. The molecule has 210 valence electrons. The largest absolute Gasteiger partial charge is 0.457 e. The first-order valence-corrected chi connectivity index (χ1v) is 15.6. The second-order valence-electron chi connectivity index (χ2n) is 13.0. The van der Waals surface area contributed by atoms with E-state index in [9.17, 15) is 0 Å². The van der Waals surface area contributed by atoms with E-state index < -0.39 is 0 Å². The zero-order chi connectivity index (χ0) is 29.4. The summed E-state index contributed by atoms with van der Waals surface area (Å²) in [5.41, 5.74) is 15.7. The van der Waals surface area contributed by atoms with Crippen molar-refractivity contribution in [3.8, 4) is 33.8 Å². The third kappa shape index (κ3) is 3.86. The van der Waals surface area contributed by atoms with Crippen molar-refractivity contribution >= 4 is 5.57 Å². The molecule has 0 aromatic heterocycles. The Hall–Kier alpha value is -5.14. The fraction of sp³-hybridized carbons (Fsp3) is 0.116. The van der Waals surface area contributed by atoms with Gasteiger partial charge in [-0.15, -0.1) is 0 Å². The molecular formula is C43H32O. The van der Waals surface area contributed by atoms with Crippen molar-refractivity contribution in [2.75, 3.05) is 0 Å². The number of rotatable bonds is 4. The van der Waals surface area contributed by atoms with Gasteiger partial charge >= 0.3 is 0 Å². The van der Waals surface area contributed by atoms with Crippen LogP contribution in [0, 0.1) is 11.8 Å². The van der Waals surface area contributed by atoms with E-state index in [-0.39, 0.29) is 5.41 Å². The van der Waals surface area contributed by atoms with E-state index >= 15 is 0 Å². The van der Waals surface area contributed by atoms with E-state index in [2.05, 4.69) is 129 Å². The molecule has 0 fully saturated rings. The monoisotopic (exact) mass is 564 g/mol. The molecule has 9 rings (SSSR count). The van der Waals surface area contributed by atoms with Crippen molar-refractivity contribution < 1.29 is 4.74 Å². The molecule has 2 atom stereocenters. The zero-order valence-corrected chi connectivity index (χ0v) is 24.9. The van der Waals surface area contributed by atoms with Crippen LogP contribution in [0.1, 0.15) is 30.5 Å². The molecular weight excluding hydrogens is 532 g/mol. The minimum absolute atomic E-state index is 0.0526. The molecule has 5 aliphatic carbocycles. The van der Waals surface area contributed by atoms with E-state index in [0.29, 0.717) is 11.8 Å². The molecule has 2 unspecified atom stereocenters. The van der Waals surface area contributed by atoms with Crippen LogP contribution in [0.3, 0.4) is 0 Å². The van der Waals surface area contributed by atoms with E-state index in [0.717, 1.165) is 22.6 Å². The van der Waals surface area contributed by atoms with Gasteiger partial charge in [-0.25, -0.2) is 0 Å². The Morgan fingerprint density at radius 3 is 2.16 bits per heavy atom. The molecule has 0 N–H and O–H groups in total. The second kappa shape index (κ2) is 9.43. The maximum Gasteiger partial charge on any atom is 0.128 e. The SMILES string of the molecule is CC1(C)c2ccccc2-c2ccc(-c3cc(Oc4ccccc4)cc(C4=CC5=CC=C6C=CC=C7C=CC(=C4)C5C76)c3)cc21. The molecule has 4 aromatic carbocycles. The Morgan fingerprint density at radius 2 is 1.25 bits per heavy atom. The Morgan fingerprint density at radius 1 is 0.523 bits per heavy atom. The van der Waals surface area contributed by atoms with Crippen molar-refractivity contribution in [1.82, 2.24) is 0 Å². The molecule has 1 heteroatoms. The highest BCUT2D eigenvalue weighted by molar-refractivity contribution is 5.87. The molecule has 0 amide bonds. The van der Waals surface area contributed by atoms with Gasteiger partial charge in [0, 0.05) is 17.3 Å². The van der Waals surface area contributed by atoms with E-state index in [1.54, 1.807) is 0 Å². The van der Waals surface area contributed by atoms with Crippen molar-refractivity contribution in [3.63, 3.8) is 0 Å². The van der Waals surface area contributed by atoms with Gasteiger partial charge in [-0.3, -0.25) is 0 Å². The zero-order valence-electron chi connectivity index (χ0n) is 24.9. The van der Waals surface area contributed by atoms with Crippen LogP contribution >= 0.6 is 0 Å². The first-order chi connectivity index (χ1) is 21.5. The molecule has 0 saturated carbocycles. The maximum atomic E-state index is 6.49. The summed E-state index contributed by atoms with van der Waals surface area (Å²) in [6, 6.07) is 32.6. The Labute approximate surface area is 259 Å². The van der Waals surface area contributed by atoms with Crippen molar-refractivity contribution in [1.29, 1.82) is 0 Å². The minimum Gasteiger partial charge on any atom is -0.457 e. The molecule has 0 bridgehead atoms. The van der Waals surface area contributed by atoms with Gasteiger partial charge in [-0.05, 0) is 103 Å². The van der Waals surface area contributed by atoms with Crippen LogP contribution in [-0.4, -0.2) is 0 Å². The smallest absolute Gasteiger partial charge is 0.128 e. The van der Waals surface area contributed by atoms with Gasteiger partial charge in [-0.2, -0.15) is 0 Å². The lowest BCUT2D eigenvalue weighted by atomic mass is 9.64. The molecule has 0 radical (unpaired) electrons. The van der Waals surface area contributed by atoms with E-state index in [1.165, 1.54) is 55.7 Å².